The Balaban J connectivity index is 1.43. The number of hydrogen-bond donors (Lipinski definition) is 0. The van der Waals surface area contributed by atoms with E-state index in [2.05, 4.69) is 35.0 Å². The van der Waals surface area contributed by atoms with Crippen molar-refractivity contribution in [2.45, 2.75) is 84.9 Å². The maximum atomic E-state index is 13.8. The van der Waals surface area contributed by atoms with Crippen molar-refractivity contribution >= 4 is 11.4 Å². The highest BCUT2D eigenvalue weighted by atomic mass is 19.4. The van der Waals surface area contributed by atoms with Gasteiger partial charge in [0, 0.05) is 43.0 Å². The van der Waals surface area contributed by atoms with Gasteiger partial charge in [-0.15, -0.1) is 0 Å². The van der Waals surface area contributed by atoms with Crippen LogP contribution >= 0.6 is 0 Å². The number of carbonyl (C=O) groups excluding carboxylic acids is 1. The van der Waals surface area contributed by atoms with E-state index in [1.165, 1.54) is 23.5 Å². The summed E-state index contributed by atoms with van der Waals surface area (Å²) in [5.74, 6) is 1.09. The quantitative estimate of drug-likeness (QED) is 0.201. The normalized spacial score (nSPS) is 17.9. The maximum Gasteiger partial charge on any atom is 0.435 e. The molecule has 40 heavy (non-hydrogen) atoms. The highest BCUT2D eigenvalue weighted by molar-refractivity contribution is 5.99. The van der Waals surface area contributed by atoms with Crippen LogP contribution in [0.5, 0.6) is 0 Å². The zero-order chi connectivity index (χ0) is 28.4. The molecule has 0 N–H and O–H groups in total. The zero-order valence-corrected chi connectivity index (χ0v) is 23.3. The van der Waals surface area contributed by atoms with Gasteiger partial charge in [-0.1, -0.05) is 45.4 Å². The van der Waals surface area contributed by atoms with Gasteiger partial charge in [0.25, 0.3) is 0 Å². The number of rotatable bonds is 9. The first-order valence-corrected chi connectivity index (χ1v) is 14.3. The lowest BCUT2D eigenvalue weighted by molar-refractivity contribution is -0.141. The summed E-state index contributed by atoms with van der Waals surface area (Å²) in [6.07, 6.45) is 8.74. The van der Waals surface area contributed by atoms with E-state index in [9.17, 15) is 18.0 Å². The smallest absolute Gasteiger partial charge is 0.296 e. The van der Waals surface area contributed by atoms with Gasteiger partial charge in [-0.3, -0.25) is 18.9 Å². The molecule has 212 valence electrons. The lowest BCUT2D eigenvalue weighted by Gasteiger charge is -2.27. The monoisotopic (exact) mass is 551 g/mol. The zero-order valence-electron chi connectivity index (χ0n) is 23.3. The molecule has 0 radical (unpaired) electrons. The van der Waals surface area contributed by atoms with Crippen LogP contribution in [0.2, 0.25) is 0 Å². The molecule has 1 aliphatic rings. The van der Waals surface area contributed by atoms with Crippen molar-refractivity contribution in [3.8, 4) is 11.3 Å². The van der Waals surface area contributed by atoms with Gasteiger partial charge in [0.1, 0.15) is 0 Å². The Morgan fingerprint density at radius 2 is 1.85 bits per heavy atom. The molecule has 6 nitrogen and oxygen atoms in total. The van der Waals surface area contributed by atoms with E-state index in [0.29, 0.717) is 36.4 Å². The van der Waals surface area contributed by atoms with Crippen LogP contribution < -0.4 is 0 Å². The van der Waals surface area contributed by atoms with Gasteiger partial charge in [-0.25, -0.2) is 4.98 Å². The third-order valence-corrected chi connectivity index (χ3v) is 8.24. The van der Waals surface area contributed by atoms with Crippen LogP contribution in [0.25, 0.3) is 16.9 Å². The number of Topliss-reactive ketones (excluding diaryl/α,β-unsaturated/α-hetero) is 1. The Kier molecular flexibility index (Phi) is 8.10. The number of aryl methyl sites for hydroxylation is 2. The molecule has 3 aromatic heterocycles. The molecule has 0 amide bonds. The molecule has 0 bridgehead atoms. The number of nitrogens with zero attached hydrogens (tertiary/aromatic N) is 5. The van der Waals surface area contributed by atoms with Gasteiger partial charge in [-0.2, -0.15) is 18.3 Å². The fourth-order valence-electron chi connectivity index (χ4n) is 5.99. The summed E-state index contributed by atoms with van der Waals surface area (Å²) in [4.78, 5) is 22.4. The molecular weight excluding hydrogens is 515 g/mol. The summed E-state index contributed by atoms with van der Waals surface area (Å²) in [7, 11) is 0. The number of halogens is 3. The fourth-order valence-corrected chi connectivity index (χ4v) is 5.99. The van der Waals surface area contributed by atoms with Gasteiger partial charge in [-0.05, 0) is 55.6 Å². The topological polar surface area (TPSA) is 65.1 Å². The lowest BCUT2D eigenvalue weighted by Crippen LogP contribution is -2.22. The summed E-state index contributed by atoms with van der Waals surface area (Å²) in [5.41, 5.74) is 3.37. The SMILES string of the molecule is CCCn1cc(-c2cnc3c(Cc4ccc(C(=O)C5CCC(CC)CC5)c(CC)c4)nccn23)c(C(F)(F)F)n1. The molecule has 0 saturated heterocycles. The average Bonchev–Trinajstić information content (AvgIpc) is 3.58. The Morgan fingerprint density at radius 3 is 2.52 bits per heavy atom. The predicted molar refractivity (Wildman–Crippen MR) is 148 cm³/mol. The van der Waals surface area contributed by atoms with E-state index in [-0.39, 0.29) is 17.3 Å². The first-order valence-electron chi connectivity index (χ1n) is 14.3. The van der Waals surface area contributed by atoms with E-state index >= 15 is 0 Å². The molecule has 4 aromatic rings. The molecule has 0 spiro atoms. The Bertz CT molecular complexity index is 1490. The minimum atomic E-state index is -4.58. The number of hydrogen-bond acceptors (Lipinski definition) is 4. The van der Waals surface area contributed by atoms with Crippen molar-refractivity contribution in [2.24, 2.45) is 11.8 Å². The molecule has 3 heterocycles. The number of imidazole rings is 1. The van der Waals surface area contributed by atoms with Crippen molar-refractivity contribution in [1.82, 2.24) is 24.1 Å². The Labute approximate surface area is 232 Å². The van der Waals surface area contributed by atoms with Crippen molar-refractivity contribution in [3.05, 3.63) is 71.1 Å². The van der Waals surface area contributed by atoms with Gasteiger partial charge in [0.05, 0.1) is 23.1 Å². The second-order valence-electron chi connectivity index (χ2n) is 10.9. The molecule has 1 fully saturated rings. The van der Waals surface area contributed by atoms with Gasteiger partial charge >= 0.3 is 6.18 Å². The molecule has 1 aromatic carbocycles. The van der Waals surface area contributed by atoms with Crippen molar-refractivity contribution in [3.63, 3.8) is 0 Å². The summed E-state index contributed by atoms with van der Waals surface area (Å²) < 4.78 is 44.5. The molecule has 9 heteroatoms. The molecule has 5 rings (SSSR count). The van der Waals surface area contributed by atoms with Crippen LogP contribution in [0.3, 0.4) is 0 Å². The van der Waals surface area contributed by atoms with Crippen LogP contribution in [0.4, 0.5) is 13.2 Å². The van der Waals surface area contributed by atoms with Gasteiger partial charge in [0.15, 0.2) is 17.1 Å². The maximum absolute atomic E-state index is 13.8. The number of aromatic nitrogens is 5. The number of benzene rings is 1. The second-order valence-corrected chi connectivity index (χ2v) is 10.9. The van der Waals surface area contributed by atoms with Crippen LogP contribution in [0.15, 0.2) is 43.0 Å². The van der Waals surface area contributed by atoms with E-state index in [4.69, 9.17) is 0 Å². The molecule has 0 unspecified atom stereocenters. The fraction of sp³-hybridized carbons (Fsp3) is 0.484. The Morgan fingerprint density at radius 1 is 1.07 bits per heavy atom. The van der Waals surface area contributed by atoms with Gasteiger partial charge in [0.2, 0.25) is 0 Å². The number of ketones is 1. The standard InChI is InChI=1S/C31H36F3N5O/c1-4-14-38-19-25(29(37-38)31(32,33)34)27-18-36-30-26(35-13-15-39(27)30)17-21-9-12-24(22(6-3)16-21)28(40)23-10-7-20(5-2)8-11-23/h9,12-13,15-16,18-20,23H,4-8,10-11,14,17H2,1-3H3. The molecule has 1 aliphatic carbocycles. The molecule has 0 aliphatic heterocycles. The summed E-state index contributed by atoms with van der Waals surface area (Å²) in [5, 5.41) is 3.81. The minimum Gasteiger partial charge on any atom is -0.296 e. The summed E-state index contributed by atoms with van der Waals surface area (Å²) >= 11 is 0. The van der Waals surface area contributed by atoms with E-state index in [1.807, 2.05) is 19.1 Å². The van der Waals surface area contributed by atoms with E-state index in [1.54, 1.807) is 16.8 Å². The van der Waals surface area contributed by atoms with Crippen LogP contribution in [-0.4, -0.2) is 29.9 Å². The summed E-state index contributed by atoms with van der Waals surface area (Å²) in [6, 6.07) is 5.98. The summed E-state index contributed by atoms with van der Waals surface area (Å²) in [6.45, 7) is 6.57. The van der Waals surface area contributed by atoms with Crippen molar-refractivity contribution in [2.75, 3.05) is 0 Å². The molecular formula is C31H36F3N5O. The van der Waals surface area contributed by atoms with E-state index in [0.717, 1.165) is 54.7 Å². The Hall–Kier alpha value is -3.49. The number of carbonyl (C=O) groups is 1. The third kappa shape index (κ3) is 5.56. The first kappa shape index (κ1) is 28.1. The van der Waals surface area contributed by atoms with Crippen LogP contribution in [-0.2, 0) is 25.6 Å². The highest BCUT2D eigenvalue weighted by Crippen LogP contribution is 2.37. The number of alkyl halides is 3. The lowest BCUT2D eigenvalue weighted by atomic mass is 9.77. The predicted octanol–water partition coefficient (Wildman–Crippen LogP) is 7.57. The average molecular weight is 552 g/mol. The van der Waals surface area contributed by atoms with E-state index < -0.39 is 11.9 Å². The number of fused-ring (bicyclic) bond motifs is 1. The van der Waals surface area contributed by atoms with Crippen LogP contribution in [0.1, 0.15) is 92.2 Å². The van der Waals surface area contributed by atoms with Gasteiger partial charge < -0.3 is 0 Å². The van der Waals surface area contributed by atoms with Crippen LogP contribution in [0, 0.1) is 11.8 Å². The molecule has 0 atom stereocenters. The van der Waals surface area contributed by atoms with Crippen molar-refractivity contribution in [1.29, 1.82) is 0 Å². The second kappa shape index (κ2) is 11.6. The largest absolute Gasteiger partial charge is 0.435 e. The highest BCUT2D eigenvalue weighted by Gasteiger charge is 2.38. The first-order chi connectivity index (χ1) is 19.2. The molecule has 1 saturated carbocycles. The third-order valence-electron chi connectivity index (χ3n) is 8.24. The minimum absolute atomic E-state index is 0.00490. The van der Waals surface area contributed by atoms with Crippen molar-refractivity contribution < 1.29 is 18.0 Å².